The number of furan rings is 1. The molecule has 29 heavy (non-hydrogen) atoms. The van der Waals surface area contributed by atoms with Crippen LogP contribution in [0.4, 0.5) is 0 Å². The van der Waals surface area contributed by atoms with Gasteiger partial charge in [0.15, 0.2) is 0 Å². The Morgan fingerprint density at radius 3 is 2.38 bits per heavy atom. The molecule has 0 atom stereocenters. The smallest absolute Gasteiger partial charge is 0.271 e. The van der Waals surface area contributed by atoms with Gasteiger partial charge in [-0.3, -0.25) is 4.79 Å². The summed E-state index contributed by atoms with van der Waals surface area (Å²) in [6.45, 7) is 6.33. The third-order valence-corrected chi connectivity index (χ3v) is 4.38. The van der Waals surface area contributed by atoms with Crippen molar-refractivity contribution >= 4 is 18.1 Å². The first kappa shape index (κ1) is 20.1. The van der Waals surface area contributed by atoms with Crippen molar-refractivity contribution in [2.45, 2.75) is 26.2 Å². The second-order valence-corrected chi connectivity index (χ2v) is 7.60. The van der Waals surface area contributed by atoms with E-state index < -0.39 is 5.97 Å². The van der Waals surface area contributed by atoms with Crippen LogP contribution in [0.3, 0.4) is 0 Å². The van der Waals surface area contributed by atoms with Crippen LogP contribution in [0.5, 0.6) is 0 Å². The maximum Gasteiger partial charge on any atom is 0.271 e. The van der Waals surface area contributed by atoms with Gasteiger partial charge in [0.25, 0.3) is 5.91 Å². The average molecular weight is 389 g/mol. The van der Waals surface area contributed by atoms with E-state index in [0.717, 1.165) is 5.56 Å². The Balaban J connectivity index is 1.65. The maximum absolute atomic E-state index is 12.2. The first-order valence-corrected chi connectivity index (χ1v) is 9.09. The van der Waals surface area contributed by atoms with Gasteiger partial charge in [-0.1, -0.05) is 51.1 Å². The fourth-order valence-electron chi connectivity index (χ4n) is 2.72. The summed E-state index contributed by atoms with van der Waals surface area (Å²) in [6, 6.07) is 17.0. The molecule has 0 aliphatic carbocycles. The normalized spacial score (nSPS) is 11.6. The minimum Gasteiger partial charge on any atom is -0.545 e. The van der Waals surface area contributed by atoms with Crippen molar-refractivity contribution in [3.8, 4) is 11.3 Å². The van der Waals surface area contributed by atoms with Crippen LogP contribution >= 0.6 is 0 Å². The van der Waals surface area contributed by atoms with Crippen LogP contribution in [0, 0.1) is 0 Å². The number of hydrogen-bond acceptors (Lipinski definition) is 5. The molecule has 6 heteroatoms. The summed E-state index contributed by atoms with van der Waals surface area (Å²) >= 11 is 0. The van der Waals surface area contributed by atoms with E-state index in [9.17, 15) is 14.7 Å². The number of aromatic carboxylic acids is 1. The van der Waals surface area contributed by atoms with Gasteiger partial charge in [-0.25, -0.2) is 5.43 Å². The van der Waals surface area contributed by atoms with Gasteiger partial charge in [0, 0.05) is 11.1 Å². The minimum atomic E-state index is -1.25. The van der Waals surface area contributed by atoms with Crippen molar-refractivity contribution in [2.24, 2.45) is 5.10 Å². The Morgan fingerprint density at radius 1 is 1.00 bits per heavy atom. The first-order valence-electron chi connectivity index (χ1n) is 9.09. The number of benzene rings is 2. The van der Waals surface area contributed by atoms with Crippen LogP contribution < -0.4 is 10.5 Å². The Bertz CT molecular complexity index is 1060. The molecule has 2 aromatic carbocycles. The lowest BCUT2D eigenvalue weighted by molar-refractivity contribution is -0.255. The van der Waals surface area contributed by atoms with Gasteiger partial charge in [-0.05, 0) is 46.9 Å². The zero-order valence-corrected chi connectivity index (χ0v) is 16.4. The number of rotatable bonds is 5. The van der Waals surface area contributed by atoms with Gasteiger partial charge in [-0.2, -0.15) is 5.10 Å². The summed E-state index contributed by atoms with van der Waals surface area (Å²) in [5.41, 5.74) is 4.81. The van der Waals surface area contributed by atoms with Gasteiger partial charge >= 0.3 is 0 Å². The molecule has 3 rings (SSSR count). The molecule has 1 heterocycles. The molecule has 0 spiro atoms. The summed E-state index contributed by atoms with van der Waals surface area (Å²) in [5.74, 6) is -0.672. The number of hydrogen-bond donors (Lipinski definition) is 1. The topological polar surface area (TPSA) is 94.7 Å². The number of nitrogens with zero attached hydrogens (tertiary/aromatic N) is 1. The molecule has 3 aromatic rings. The van der Waals surface area contributed by atoms with Crippen molar-refractivity contribution in [1.29, 1.82) is 0 Å². The molecule has 0 aliphatic heterocycles. The summed E-state index contributed by atoms with van der Waals surface area (Å²) < 4.78 is 5.63. The molecule has 148 valence electrons. The van der Waals surface area contributed by atoms with Crippen molar-refractivity contribution in [1.82, 2.24) is 5.43 Å². The predicted molar refractivity (Wildman–Crippen MR) is 109 cm³/mol. The zero-order chi connectivity index (χ0) is 21.0. The molecular formula is C23H21N2O4-. The minimum absolute atomic E-state index is 0.0185. The highest BCUT2D eigenvalue weighted by atomic mass is 16.4. The molecule has 0 unspecified atom stereocenters. The summed E-state index contributed by atoms with van der Waals surface area (Å²) in [5, 5.41) is 14.9. The zero-order valence-electron chi connectivity index (χ0n) is 16.4. The molecule has 6 nitrogen and oxygen atoms in total. The standard InChI is InChI=1S/C23H22N2O4/c1-23(2,3)18-9-7-15(8-10-18)21(26)25-24-14-19-11-12-20(29-19)16-5-4-6-17(13-16)22(27)28/h4-14H,1-3H3,(H,25,26)(H,27,28)/p-1/b24-14-. The molecule has 0 aliphatic rings. The van der Waals surface area contributed by atoms with E-state index in [0.29, 0.717) is 22.6 Å². The van der Waals surface area contributed by atoms with E-state index in [2.05, 4.69) is 31.3 Å². The van der Waals surface area contributed by atoms with E-state index in [-0.39, 0.29) is 16.9 Å². The van der Waals surface area contributed by atoms with Gasteiger partial charge in [0.1, 0.15) is 11.5 Å². The average Bonchev–Trinajstić information content (AvgIpc) is 3.16. The highest BCUT2D eigenvalue weighted by Crippen LogP contribution is 2.23. The van der Waals surface area contributed by atoms with Gasteiger partial charge < -0.3 is 14.3 Å². The third-order valence-electron chi connectivity index (χ3n) is 4.38. The number of carbonyl (C=O) groups is 2. The number of amides is 1. The summed E-state index contributed by atoms with van der Waals surface area (Å²) in [6.07, 6.45) is 1.38. The van der Waals surface area contributed by atoms with Crippen molar-refractivity contribution in [3.05, 3.63) is 83.1 Å². The highest BCUT2D eigenvalue weighted by Gasteiger charge is 2.14. The molecule has 0 radical (unpaired) electrons. The quantitative estimate of drug-likeness (QED) is 0.535. The van der Waals surface area contributed by atoms with Crippen LogP contribution in [0.15, 0.2) is 70.2 Å². The molecule has 0 saturated carbocycles. The predicted octanol–water partition coefficient (Wildman–Crippen LogP) is 3.37. The Morgan fingerprint density at radius 2 is 1.72 bits per heavy atom. The largest absolute Gasteiger partial charge is 0.545 e. The monoisotopic (exact) mass is 389 g/mol. The van der Waals surface area contributed by atoms with E-state index in [4.69, 9.17) is 4.42 Å². The number of hydrazone groups is 1. The number of carboxylic acids is 1. The van der Waals surface area contributed by atoms with Crippen LogP contribution in [0.25, 0.3) is 11.3 Å². The second-order valence-electron chi connectivity index (χ2n) is 7.60. The lowest BCUT2D eigenvalue weighted by Crippen LogP contribution is -2.22. The molecule has 0 saturated heterocycles. The molecule has 1 N–H and O–H groups in total. The van der Waals surface area contributed by atoms with Gasteiger partial charge in [0.05, 0.1) is 12.2 Å². The van der Waals surface area contributed by atoms with E-state index >= 15 is 0 Å². The Labute approximate surface area is 168 Å². The first-order chi connectivity index (χ1) is 13.7. The fourth-order valence-corrected chi connectivity index (χ4v) is 2.72. The molecule has 1 aromatic heterocycles. The Kier molecular flexibility index (Phi) is 5.64. The Hall–Kier alpha value is -3.67. The summed E-state index contributed by atoms with van der Waals surface area (Å²) in [4.78, 5) is 23.2. The van der Waals surface area contributed by atoms with Crippen LogP contribution in [0.2, 0.25) is 0 Å². The number of carbonyl (C=O) groups excluding carboxylic acids is 2. The number of nitrogens with one attached hydrogen (secondary N) is 1. The fraction of sp³-hybridized carbons (Fsp3) is 0.174. The van der Waals surface area contributed by atoms with E-state index in [1.807, 2.05) is 12.1 Å². The molecule has 0 fully saturated rings. The van der Waals surface area contributed by atoms with E-state index in [1.54, 1.807) is 36.4 Å². The molecular weight excluding hydrogens is 368 g/mol. The van der Waals surface area contributed by atoms with Crippen LogP contribution in [0.1, 0.15) is 52.8 Å². The second kappa shape index (κ2) is 8.14. The molecule has 0 bridgehead atoms. The third kappa shape index (κ3) is 4.99. The van der Waals surface area contributed by atoms with Gasteiger partial charge in [-0.15, -0.1) is 0 Å². The maximum atomic E-state index is 12.2. The van der Waals surface area contributed by atoms with Crippen molar-refractivity contribution in [3.63, 3.8) is 0 Å². The lowest BCUT2D eigenvalue weighted by Gasteiger charge is -2.18. The van der Waals surface area contributed by atoms with Crippen molar-refractivity contribution < 1.29 is 19.1 Å². The van der Waals surface area contributed by atoms with Gasteiger partial charge in [0.2, 0.25) is 0 Å². The highest BCUT2D eigenvalue weighted by molar-refractivity contribution is 5.94. The number of carboxylic acid groups (broad SMARTS) is 1. The van der Waals surface area contributed by atoms with Crippen LogP contribution in [-0.2, 0) is 5.41 Å². The SMILES string of the molecule is CC(C)(C)c1ccc(C(=O)N/N=C\c2ccc(-c3cccc(C(=O)[O-])c3)o2)cc1. The van der Waals surface area contributed by atoms with E-state index in [1.165, 1.54) is 18.3 Å². The summed E-state index contributed by atoms with van der Waals surface area (Å²) in [7, 11) is 0. The van der Waals surface area contributed by atoms with Crippen LogP contribution in [-0.4, -0.2) is 18.1 Å². The molecule has 1 amide bonds. The van der Waals surface area contributed by atoms with Crippen molar-refractivity contribution in [2.75, 3.05) is 0 Å². The lowest BCUT2D eigenvalue weighted by atomic mass is 9.87.